The van der Waals surface area contributed by atoms with Gasteiger partial charge >= 0.3 is 18.2 Å². The van der Waals surface area contributed by atoms with E-state index >= 15 is 0 Å². The lowest BCUT2D eigenvalue weighted by Crippen LogP contribution is -2.48. The molecule has 126 valence electrons. The number of nitrogens with zero attached hydrogens (tertiary/aromatic N) is 3. The van der Waals surface area contributed by atoms with Crippen LogP contribution in [0.2, 0.25) is 0 Å². The number of piperazine rings is 1. The standard InChI is InChI=1S/C13H14F3N3O4/c1-18-4-6-19(7-5-18)12(22)23-10-8(11(20)21)2-3-9(17-10)13(14,15)16/h2-3H,4-7H2,1H3,(H,20,21). The zero-order valence-electron chi connectivity index (χ0n) is 12.1. The Bertz CT molecular complexity index is 613. The molecular weight excluding hydrogens is 319 g/mol. The first-order valence-corrected chi connectivity index (χ1v) is 6.65. The van der Waals surface area contributed by atoms with Crippen LogP contribution in [0.15, 0.2) is 12.1 Å². The maximum absolute atomic E-state index is 12.7. The SMILES string of the molecule is CN1CCN(C(=O)Oc2nc(C(F)(F)F)ccc2C(=O)O)CC1. The molecule has 23 heavy (non-hydrogen) atoms. The largest absolute Gasteiger partial charge is 0.477 e. The summed E-state index contributed by atoms with van der Waals surface area (Å²) in [6.45, 7) is 1.82. The van der Waals surface area contributed by atoms with Crippen LogP contribution in [0.3, 0.4) is 0 Å². The molecule has 1 aliphatic heterocycles. The van der Waals surface area contributed by atoms with Crippen molar-refractivity contribution in [2.75, 3.05) is 33.2 Å². The van der Waals surface area contributed by atoms with Gasteiger partial charge < -0.3 is 19.6 Å². The molecule has 1 fully saturated rings. The van der Waals surface area contributed by atoms with Crippen LogP contribution >= 0.6 is 0 Å². The van der Waals surface area contributed by atoms with Gasteiger partial charge in [-0.05, 0) is 19.2 Å². The molecule has 0 atom stereocenters. The van der Waals surface area contributed by atoms with Crippen molar-refractivity contribution in [2.24, 2.45) is 0 Å². The number of ether oxygens (including phenoxy) is 1. The van der Waals surface area contributed by atoms with Crippen molar-refractivity contribution in [3.8, 4) is 5.88 Å². The van der Waals surface area contributed by atoms with Crippen molar-refractivity contribution in [3.63, 3.8) is 0 Å². The molecule has 0 saturated carbocycles. The van der Waals surface area contributed by atoms with Gasteiger partial charge in [-0.15, -0.1) is 0 Å². The predicted octanol–water partition coefficient (Wildman–Crippen LogP) is 1.54. The fourth-order valence-corrected chi connectivity index (χ4v) is 1.98. The van der Waals surface area contributed by atoms with Crippen LogP contribution in [0.5, 0.6) is 5.88 Å². The summed E-state index contributed by atoms with van der Waals surface area (Å²) < 4.78 is 42.8. The fourth-order valence-electron chi connectivity index (χ4n) is 1.98. The van der Waals surface area contributed by atoms with Crippen LogP contribution in [0.25, 0.3) is 0 Å². The summed E-state index contributed by atoms with van der Waals surface area (Å²) >= 11 is 0. The molecule has 1 N–H and O–H groups in total. The number of pyridine rings is 1. The molecule has 0 aliphatic carbocycles. The highest BCUT2D eigenvalue weighted by Crippen LogP contribution is 2.30. The van der Waals surface area contributed by atoms with Crippen LogP contribution in [0.4, 0.5) is 18.0 Å². The van der Waals surface area contributed by atoms with Crippen molar-refractivity contribution in [2.45, 2.75) is 6.18 Å². The lowest BCUT2D eigenvalue weighted by molar-refractivity contribution is -0.141. The fraction of sp³-hybridized carbons (Fsp3) is 0.462. The minimum atomic E-state index is -4.77. The normalized spacial score (nSPS) is 16.3. The Morgan fingerprint density at radius 1 is 1.22 bits per heavy atom. The zero-order chi connectivity index (χ0) is 17.2. The van der Waals surface area contributed by atoms with Crippen LogP contribution in [0, 0.1) is 0 Å². The van der Waals surface area contributed by atoms with E-state index in [0.29, 0.717) is 38.3 Å². The topological polar surface area (TPSA) is 83.0 Å². The van der Waals surface area contributed by atoms with E-state index in [1.807, 2.05) is 11.9 Å². The molecule has 7 nitrogen and oxygen atoms in total. The molecule has 1 aromatic rings. The van der Waals surface area contributed by atoms with Crippen molar-refractivity contribution in [3.05, 3.63) is 23.4 Å². The van der Waals surface area contributed by atoms with E-state index in [1.165, 1.54) is 4.90 Å². The molecule has 0 aromatic carbocycles. The number of aromatic nitrogens is 1. The average Bonchev–Trinajstić information content (AvgIpc) is 2.46. The van der Waals surface area contributed by atoms with Crippen molar-refractivity contribution >= 4 is 12.1 Å². The smallest absolute Gasteiger partial charge is 0.433 e. The van der Waals surface area contributed by atoms with Crippen LogP contribution in [-0.2, 0) is 6.18 Å². The number of likely N-dealkylation sites (N-methyl/N-ethyl adjacent to an activating group) is 1. The molecule has 1 aliphatic rings. The van der Waals surface area contributed by atoms with Gasteiger partial charge in [-0.25, -0.2) is 14.6 Å². The Morgan fingerprint density at radius 2 is 1.83 bits per heavy atom. The lowest BCUT2D eigenvalue weighted by atomic mass is 10.2. The molecule has 0 spiro atoms. The summed E-state index contributed by atoms with van der Waals surface area (Å²) in [7, 11) is 1.86. The molecule has 1 aromatic heterocycles. The number of amides is 1. The molecule has 0 unspecified atom stereocenters. The lowest BCUT2D eigenvalue weighted by Gasteiger charge is -2.31. The van der Waals surface area contributed by atoms with E-state index in [2.05, 4.69) is 4.98 Å². The van der Waals surface area contributed by atoms with Gasteiger partial charge in [0.2, 0.25) is 5.88 Å². The monoisotopic (exact) mass is 333 g/mol. The zero-order valence-corrected chi connectivity index (χ0v) is 12.1. The maximum atomic E-state index is 12.7. The third kappa shape index (κ3) is 4.09. The molecule has 2 heterocycles. The van der Waals surface area contributed by atoms with Crippen molar-refractivity contribution in [1.29, 1.82) is 0 Å². The first-order chi connectivity index (χ1) is 10.7. The van der Waals surface area contributed by atoms with E-state index < -0.39 is 35.4 Å². The maximum Gasteiger partial charge on any atom is 0.433 e. The van der Waals surface area contributed by atoms with Gasteiger partial charge in [0.15, 0.2) is 0 Å². The number of hydrogen-bond acceptors (Lipinski definition) is 5. The Kier molecular flexibility index (Phi) is 4.73. The summed E-state index contributed by atoms with van der Waals surface area (Å²) in [5, 5.41) is 8.98. The number of carboxylic acids is 1. The molecule has 0 bridgehead atoms. The number of aromatic carboxylic acids is 1. The molecule has 1 saturated heterocycles. The minimum Gasteiger partial charge on any atom is -0.477 e. The Labute approximate surface area is 129 Å². The molecule has 0 radical (unpaired) electrons. The number of rotatable bonds is 2. The van der Waals surface area contributed by atoms with Crippen LogP contribution < -0.4 is 4.74 Å². The number of hydrogen-bond donors (Lipinski definition) is 1. The highest BCUT2D eigenvalue weighted by Gasteiger charge is 2.34. The van der Waals surface area contributed by atoms with E-state index in [4.69, 9.17) is 9.84 Å². The summed E-state index contributed by atoms with van der Waals surface area (Å²) in [6, 6.07) is 1.24. The highest BCUT2D eigenvalue weighted by molar-refractivity contribution is 5.91. The van der Waals surface area contributed by atoms with Gasteiger partial charge in [-0.1, -0.05) is 0 Å². The average molecular weight is 333 g/mol. The second-order valence-corrected chi connectivity index (χ2v) is 5.01. The van der Waals surface area contributed by atoms with E-state index in [1.54, 1.807) is 0 Å². The molecular formula is C13H14F3N3O4. The number of carbonyl (C=O) groups is 2. The van der Waals surface area contributed by atoms with Crippen molar-refractivity contribution < 1.29 is 32.6 Å². The van der Waals surface area contributed by atoms with Crippen LogP contribution in [-0.4, -0.2) is 65.2 Å². The second-order valence-electron chi connectivity index (χ2n) is 5.01. The van der Waals surface area contributed by atoms with Gasteiger partial charge in [-0.2, -0.15) is 13.2 Å². The van der Waals surface area contributed by atoms with E-state index in [-0.39, 0.29) is 0 Å². The van der Waals surface area contributed by atoms with Gasteiger partial charge in [0.05, 0.1) is 0 Å². The van der Waals surface area contributed by atoms with Gasteiger partial charge in [-0.3, -0.25) is 0 Å². The van der Waals surface area contributed by atoms with Gasteiger partial charge in [0.1, 0.15) is 11.3 Å². The van der Waals surface area contributed by atoms with E-state index in [9.17, 15) is 22.8 Å². The second kappa shape index (κ2) is 6.41. The summed E-state index contributed by atoms with van der Waals surface area (Å²) in [5.41, 5.74) is -1.94. The third-order valence-corrected chi connectivity index (χ3v) is 3.33. The first-order valence-electron chi connectivity index (χ1n) is 6.65. The summed E-state index contributed by atoms with van der Waals surface area (Å²) in [4.78, 5) is 29.4. The molecule has 2 rings (SSSR count). The molecule has 1 amide bonds. The number of carbonyl (C=O) groups excluding carboxylic acids is 1. The Hall–Kier alpha value is -2.36. The predicted molar refractivity (Wildman–Crippen MR) is 71.3 cm³/mol. The quantitative estimate of drug-likeness (QED) is 0.884. The number of halogens is 3. The summed E-state index contributed by atoms with van der Waals surface area (Å²) in [5.74, 6) is -2.40. The molecule has 10 heteroatoms. The summed E-state index contributed by atoms with van der Waals surface area (Å²) in [6.07, 6.45) is -5.70. The van der Waals surface area contributed by atoms with Crippen molar-refractivity contribution in [1.82, 2.24) is 14.8 Å². The number of carboxylic acid groups (broad SMARTS) is 1. The van der Waals surface area contributed by atoms with Gasteiger partial charge in [0, 0.05) is 26.2 Å². The highest BCUT2D eigenvalue weighted by atomic mass is 19.4. The first kappa shape index (κ1) is 17.0. The van der Waals surface area contributed by atoms with Crippen LogP contribution in [0.1, 0.15) is 16.1 Å². The van der Waals surface area contributed by atoms with Gasteiger partial charge in [0.25, 0.3) is 0 Å². The Balaban J connectivity index is 2.22. The Morgan fingerprint density at radius 3 is 2.35 bits per heavy atom. The minimum absolute atomic E-state index is 0.330. The number of alkyl halides is 3. The third-order valence-electron chi connectivity index (χ3n) is 3.33. The van der Waals surface area contributed by atoms with E-state index in [0.717, 1.165) is 0 Å².